The summed E-state index contributed by atoms with van der Waals surface area (Å²) in [5.74, 6) is -0.943. The largest absolute Gasteiger partial charge is 0.425 e. The minimum atomic E-state index is -4.66. The van der Waals surface area contributed by atoms with E-state index in [0.717, 1.165) is 39.1 Å². The van der Waals surface area contributed by atoms with Crippen LogP contribution in [0.15, 0.2) is 59.8 Å². The van der Waals surface area contributed by atoms with Crippen LogP contribution in [0.2, 0.25) is 0 Å². The third-order valence-corrected chi connectivity index (χ3v) is 5.95. The molecule has 0 spiro atoms. The average Bonchev–Trinajstić information content (AvgIpc) is 2.82. The quantitative estimate of drug-likeness (QED) is 0.383. The Morgan fingerprint density at radius 3 is 2.37 bits per heavy atom. The molecule has 3 aromatic rings. The first-order valence-corrected chi connectivity index (χ1v) is 12.2. The third-order valence-electron chi connectivity index (χ3n) is 5.95. The molecule has 0 aliphatic rings. The number of hydrogen-bond acceptors (Lipinski definition) is 5. The molecule has 0 aliphatic heterocycles. The van der Waals surface area contributed by atoms with Crippen molar-refractivity contribution in [3.05, 3.63) is 82.0 Å². The minimum absolute atomic E-state index is 0.0263. The molecule has 1 N–H and O–H groups in total. The van der Waals surface area contributed by atoms with Gasteiger partial charge < -0.3 is 14.6 Å². The molecule has 0 radical (unpaired) electrons. The van der Waals surface area contributed by atoms with Crippen LogP contribution < -0.4 is 15.6 Å². The number of carbonyl (C=O) groups is 2. The second kappa shape index (κ2) is 12.1. The number of amides is 1. The molecule has 2 aromatic heterocycles. The van der Waals surface area contributed by atoms with Crippen LogP contribution in [-0.4, -0.2) is 28.0 Å². The van der Waals surface area contributed by atoms with E-state index in [9.17, 15) is 27.6 Å². The first-order valence-electron chi connectivity index (χ1n) is 12.2. The lowest BCUT2D eigenvalue weighted by Gasteiger charge is -2.21. The maximum atomic E-state index is 12.9. The number of esters is 1. The van der Waals surface area contributed by atoms with Crippen molar-refractivity contribution in [2.24, 2.45) is 5.92 Å². The van der Waals surface area contributed by atoms with E-state index in [1.165, 1.54) is 6.20 Å². The van der Waals surface area contributed by atoms with Gasteiger partial charge in [0, 0.05) is 30.6 Å². The van der Waals surface area contributed by atoms with Gasteiger partial charge in [0.05, 0.1) is 18.2 Å². The van der Waals surface area contributed by atoms with E-state index in [1.807, 2.05) is 45.9 Å². The monoisotopic (exact) mass is 529 g/mol. The zero-order chi connectivity index (χ0) is 28.0. The van der Waals surface area contributed by atoms with Crippen molar-refractivity contribution < 1.29 is 27.5 Å². The van der Waals surface area contributed by atoms with Gasteiger partial charge in [0.25, 0.3) is 5.56 Å². The fraction of sp³-hybridized carbons (Fsp3) is 0.357. The van der Waals surface area contributed by atoms with Crippen LogP contribution >= 0.6 is 0 Å². The zero-order valence-electron chi connectivity index (χ0n) is 21.6. The van der Waals surface area contributed by atoms with Gasteiger partial charge in [0.15, 0.2) is 0 Å². The van der Waals surface area contributed by atoms with Crippen LogP contribution in [0, 0.1) is 19.8 Å². The number of ether oxygens (including phenoxy) is 1. The van der Waals surface area contributed by atoms with E-state index in [0.29, 0.717) is 6.07 Å². The number of rotatable bonds is 9. The summed E-state index contributed by atoms with van der Waals surface area (Å²) in [5.41, 5.74) is 1.90. The molecule has 1 aromatic carbocycles. The maximum absolute atomic E-state index is 12.9. The highest BCUT2D eigenvalue weighted by Crippen LogP contribution is 2.29. The highest BCUT2D eigenvalue weighted by atomic mass is 19.4. The Balaban J connectivity index is 1.64. The van der Waals surface area contributed by atoms with Crippen LogP contribution in [0.3, 0.4) is 0 Å². The molecule has 7 nitrogen and oxygen atoms in total. The van der Waals surface area contributed by atoms with Gasteiger partial charge in [-0.1, -0.05) is 32.0 Å². The molecule has 0 bridgehead atoms. The van der Waals surface area contributed by atoms with E-state index >= 15 is 0 Å². The Hall–Kier alpha value is -3.95. The van der Waals surface area contributed by atoms with Crippen molar-refractivity contribution >= 4 is 11.9 Å². The molecule has 2 heterocycles. The van der Waals surface area contributed by atoms with E-state index in [4.69, 9.17) is 4.74 Å². The number of benzene rings is 1. The normalized spacial score (nSPS) is 12.3. The number of aromatic nitrogens is 2. The molecule has 0 fully saturated rings. The molecule has 1 amide bonds. The summed E-state index contributed by atoms with van der Waals surface area (Å²) in [6.45, 7) is 7.54. The molecule has 1 unspecified atom stereocenters. The molecule has 0 saturated carbocycles. The molecule has 0 aliphatic carbocycles. The Bertz CT molecular complexity index is 1350. The van der Waals surface area contributed by atoms with E-state index in [1.54, 1.807) is 12.3 Å². The first-order chi connectivity index (χ1) is 17.9. The number of hydrogen-bond donors (Lipinski definition) is 1. The van der Waals surface area contributed by atoms with Crippen molar-refractivity contribution in [2.45, 2.75) is 52.8 Å². The number of alkyl halides is 3. The highest BCUT2D eigenvalue weighted by Gasteiger charge is 2.32. The minimum Gasteiger partial charge on any atom is -0.425 e. The number of carbonyl (C=O) groups excluding carboxylic acids is 2. The predicted molar refractivity (Wildman–Crippen MR) is 137 cm³/mol. The van der Waals surface area contributed by atoms with Crippen molar-refractivity contribution in [1.29, 1.82) is 0 Å². The van der Waals surface area contributed by atoms with Crippen LogP contribution in [0.25, 0.3) is 11.1 Å². The van der Waals surface area contributed by atoms with Gasteiger partial charge >= 0.3 is 12.1 Å². The molecular weight excluding hydrogens is 499 g/mol. The number of aryl methyl sites for hydroxylation is 2. The second-order valence-corrected chi connectivity index (χ2v) is 9.50. The lowest BCUT2D eigenvalue weighted by molar-refractivity contribution is -0.138. The lowest BCUT2D eigenvalue weighted by Crippen LogP contribution is -2.39. The Morgan fingerprint density at radius 2 is 1.76 bits per heavy atom. The maximum Gasteiger partial charge on any atom is 0.416 e. The summed E-state index contributed by atoms with van der Waals surface area (Å²) < 4.78 is 45.2. The summed E-state index contributed by atoms with van der Waals surface area (Å²) in [6.07, 6.45) is -0.521. The van der Waals surface area contributed by atoms with Gasteiger partial charge in [0.2, 0.25) is 5.91 Å². The van der Waals surface area contributed by atoms with Crippen molar-refractivity contribution in [3.63, 3.8) is 0 Å². The summed E-state index contributed by atoms with van der Waals surface area (Å²) in [6, 6.07) is 7.84. The Morgan fingerprint density at radius 1 is 1.08 bits per heavy atom. The van der Waals surface area contributed by atoms with Crippen molar-refractivity contribution in [2.75, 3.05) is 6.54 Å². The van der Waals surface area contributed by atoms with E-state index in [2.05, 4.69) is 10.3 Å². The molecular formula is C28H30F3N3O4. The van der Waals surface area contributed by atoms with Crippen LogP contribution in [0.4, 0.5) is 13.2 Å². The van der Waals surface area contributed by atoms with E-state index < -0.39 is 35.2 Å². The van der Waals surface area contributed by atoms with Gasteiger partial charge in [-0.25, -0.2) is 0 Å². The summed E-state index contributed by atoms with van der Waals surface area (Å²) in [5, 5.41) is 2.59. The van der Waals surface area contributed by atoms with Crippen molar-refractivity contribution in [1.82, 2.24) is 14.9 Å². The first kappa shape index (κ1) is 28.6. The van der Waals surface area contributed by atoms with E-state index in [-0.39, 0.29) is 31.1 Å². The molecule has 10 heteroatoms. The van der Waals surface area contributed by atoms with Crippen LogP contribution in [-0.2, 0) is 15.8 Å². The Labute approximate surface area is 218 Å². The van der Waals surface area contributed by atoms with Gasteiger partial charge in [-0.2, -0.15) is 13.2 Å². The smallest absolute Gasteiger partial charge is 0.416 e. The summed E-state index contributed by atoms with van der Waals surface area (Å²) in [4.78, 5) is 41.8. The van der Waals surface area contributed by atoms with Crippen molar-refractivity contribution in [3.8, 4) is 16.9 Å². The van der Waals surface area contributed by atoms with Gasteiger partial charge in [-0.15, -0.1) is 0 Å². The molecule has 38 heavy (non-hydrogen) atoms. The van der Waals surface area contributed by atoms with Crippen LogP contribution in [0.5, 0.6) is 5.75 Å². The Kier molecular flexibility index (Phi) is 9.08. The third kappa shape index (κ3) is 7.30. The fourth-order valence-electron chi connectivity index (χ4n) is 4.19. The topological polar surface area (TPSA) is 90.3 Å². The zero-order valence-corrected chi connectivity index (χ0v) is 21.6. The number of nitrogens with zero attached hydrogens (tertiary/aromatic N) is 2. The SMILES string of the molecule is Cc1cccc(C)c1-c1cncc(OC(=O)CCNC(=O)C(CC(C)C)n2ccc(C(F)(F)F)cc2=O)c1. The van der Waals surface area contributed by atoms with Gasteiger partial charge in [-0.05, 0) is 55.0 Å². The summed E-state index contributed by atoms with van der Waals surface area (Å²) >= 11 is 0. The molecule has 0 saturated heterocycles. The van der Waals surface area contributed by atoms with Crippen LogP contribution in [0.1, 0.15) is 49.4 Å². The number of halogens is 3. The number of pyridine rings is 2. The molecule has 202 valence electrons. The standard InChI is InChI=1S/C28H30F3N3O4/c1-17(2)12-23(34-11-9-21(14-24(34)35)28(29,30)31)27(37)33-10-8-25(36)38-22-13-20(15-32-16-22)26-18(3)6-5-7-19(26)4/h5-7,9,11,13-17,23H,8,10,12H2,1-4H3,(H,33,37). The van der Waals surface area contributed by atoms with Gasteiger partial charge in [0.1, 0.15) is 11.8 Å². The van der Waals surface area contributed by atoms with Gasteiger partial charge in [-0.3, -0.25) is 19.4 Å². The predicted octanol–water partition coefficient (Wildman–Crippen LogP) is 5.25. The number of nitrogens with one attached hydrogen (secondary N) is 1. The second-order valence-electron chi connectivity index (χ2n) is 9.50. The molecule has 3 rings (SSSR count). The molecule has 1 atom stereocenters. The average molecular weight is 530 g/mol. The summed E-state index contributed by atoms with van der Waals surface area (Å²) in [7, 11) is 0. The highest BCUT2D eigenvalue weighted by molar-refractivity contribution is 5.81. The lowest BCUT2D eigenvalue weighted by atomic mass is 9.97. The fourth-order valence-corrected chi connectivity index (χ4v) is 4.19.